The number of ether oxygens (including phenoxy) is 1. The molecule has 1 aliphatic carbocycles. The van der Waals surface area contributed by atoms with Crippen LogP contribution >= 0.6 is 0 Å². The van der Waals surface area contributed by atoms with Gasteiger partial charge in [0.25, 0.3) is 0 Å². The van der Waals surface area contributed by atoms with Crippen LogP contribution in [0.2, 0.25) is 0 Å². The van der Waals surface area contributed by atoms with Crippen molar-refractivity contribution in [1.29, 1.82) is 5.26 Å². The Morgan fingerprint density at radius 2 is 1.90 bits per heavy atom. The van der Waals surface area contributed by atoms with Gasteiger partial charge in [-0.25, -0.2) is 19.7 Å². The molecule has 3 aromatic rings. The van der Waals surface area contributed by atoms with Gasteiger partial charge in [-0.2, -0.15) is 18.4 Å². The van der Waals surface area contributed by atoms with E-state index in [0.717, 1.165) is 44.8 Å². The molecule has 0 aliphatic heterocycles. The summed E-state index contributed by atoms with van der Waals surface area (Å²) in [4.78, 5) is 31.3. The fraction of sp³-hybridized carbons (Fsp3) is 0.552. The molecular weight excluding hydrogens is 549 g/mol. The molecule has 10 nitrogen and oxygen atoms in total. The number of hydrogen-bond acceptors (Lipinski definition) is 8. The van der Waals surface area contributed by atoms with Gasteiger partial charge in [0.05, 0.1) is 5.69 Å². The van der Waals surface area contributed by atoms with E-state index in [9.17, 15) is 18.0 Å². The van der Waals surface area contributed by atoms with Gasteiger partial charge in [0.15, 0.2) is 0 Å². The van der Waals surface area contributed by atoms with Crippen LogP contribution < -0.4 is 5.32 Å². The first-order chi connectivity index (χ1) is 19.7. The first-order valence-electron chi connectivity index (χ1n) is 14.0. The molecule has 42 heavy (non-hydrogen) atoms. The number of nitrogens with one attached hydrogen (secondary N) is 2. The molecule has 0 bridgehead atoms. The van der Waals surface area contributed by atoms with Crippen LogP contribution in [0.25, 0.3) is 22.3 Å². The van der Waals surface area contributed by atoms with Gasteiger partial charge in [0, 0.05) is 49.0 Å². The van der Waals surface area contributed by atoms with Crippen molar-refractivity contribution in [2.75, 3.05) is 32.5 Å². The van der Waals surface area contributed by atoms with E-state index in [2.05, 4.69) is 37.2 Å². The Hall–Kier alpha value is -3.92. The fourth-order valence-electron chi connectivity index (χ4n) is 5.12. The smallest absolute Gasteiger partial charge is 0.419 e. The molecule has 0 unspecified atom stereocenters. The van der Waals surface area contributed by atoms with Gasteiger partial charge >= 0.3 is 12.3 Å². The van der Waals surface area contributed by atoms with Gasteiger partial charge in [-0.05, 0) is 78.6 Å². The Labute approximate surface area is 243 Å². The number of carbonyl (C=O) groups excluding carboxylic acids is 1. The summed E-state index contributed by atoms with van der Waals surface area (Å²) in [6, 6.07) is 5.28. The summed E-state index contributed by atoms with van der Waals surface area (Å²) in [5, 5.41) is 12.8. The lowest BCUT2D eigenvalue weighted by atomic mass is 10.1. The summed E-state index contributed by atoms with van der Waals surface area (Å²) in [6.07, 6.45) is 1.60. The maximum atomic E-state index is 13.9. The van der Waals surface area contributed by atoms with E-state index >= 15 is 0 Å². The van der Waals surface area contributed by atoms with Crippen LogP contribution in [0.4, 0.5) is 23.9 Å². The second kappa shape index (κ2) is 12.5. The van der Waals surface area contributed by atoms with Gasteiger partial charge in [0.1, 0.15) is 28.6 Å². The van der Waals surface area contributed by atoms with Crippen LogP contribution in [0.1, 0.15) is 64.1 Å². The van der Waals surface area contributed by atoms with Gasteiger partial charge in [-0.3, -0.25) is 0 Å². The number of nitrogens with zero attached hydrogens (tertiary/aromatic N) is 6. The minimum Gasteiger partial charge on any atom is -0.444 e. The quantitative estimate of drug-likeness (QED) is 0.301. The lowest BCUT2D eigenvalue weighted by Gasteiger charge is -2.26. The molecule has 0 radical (unpaired) electrons. The molecule has 0 spiro atoms. The van der Waals surface area contributed by atoms with E-state index in [0.29, 0.717) is 23.6 Å². The second-order valence-corrected chi connectivity index (χ2v) is 11.8. The Balaban J connectivity index is 1.36. The third-order valence-corrected chi connectivity index (χ3v) is 7.32. The molecular formula is C29H37F3N8O2. The predicted octanol–water partition coefficient (Wildman–Crippen LogP) is 5.82. The van der Waals surface area contributed by atoms with Crippen LogP contribution in [0, 0.1) is 11.3 Å². The van der Waals surface area contributed by atoms with Gasteiger partial charge < -0.3 is 24.8 Å². The Morgan fingerprint density at radius 1 is 1.17 bits per heavy atom. The molecule has 3 heterocycles. The number of aromatic amines is 1. The van der Waals surface area contributed by atoms with Gasteiger partial charge in [-0.1, -0.05) is 0 Å². The molecule has 4 rings (SSSR count). The highest BCUT2D eigenvalue weighted by molar-refractivity contribution is 5.93. The fourth-order valence-corrected chi connectivity index (χ4v) is 5.12. The molecule has 2 N–H and O–H groups in total. The summed E-state index contributed by atoms with van der Waals surface area (Å²) in [6.45, 7) is 7.00. The summed E-state index contributed by atoms with van der Waals surface area (Å²) in [5.74, 6) is 0.132. The van der Waals surface area contributed by atoms with Crippen LogP contribution in [0.5, 0.6) is 0 Å². The van der Waals surface area contributed by atoms with E-state index in [1.54, 1.807) is 18.0 Å². The van der Waals surface area contributed by atoms with E-state index < -0.39 is 17.3 Å². The molecule has 226 valence electrons. The highest BCUT2D eigenvalue weighted by atomic mass is 19.4. The van der Waals surface area contributed by atoms with Crippen LogP contribution in [0.15, 0.2) is 24.5 Å². The summed E-state index contributed by atoms with van der Waals surface area (Å²) in [7, 11) is 3.81. The van der Waals surface area contributed by atoms with Crippen molar-refractivity contribution in [1.82, 2.24) is 29.7 Å². The monoisotopic (exact) mass is 586 g/mol. The Bertz CT molecular complexity index is 1440. The number of halogens is 3. The Kier molecular flexibility index (Phi) is 9.25. The number of pyridine rings is 1. The molecule has 2 atom stereocenters. The second-order valence-electron chi connectivity index (χ2n) is 11.8. The summed E-state index contributed by atoms with van der Waals surface area (Å²) < 4.78 is 47.1. The van der Waals surface area contributed by atoms with E-state index in [1.807, 2.05) is 26.8 Å². The molecule has 0 aromatic carbocycles. The number of hydrogen-bond donors (Lipinski definition) is 2. The molecule has 13 heteroatoms. The SMILES string of the molecule is CN(CCCCN(C)[C@H]1CC[C@H](Nc2ncc(C(F)(F)F)c(-c3c[nH]c4nc(C#N)ccc34)n2)C1)C(=O)OC(C)(C)C. The number of H-pyrrole nitrogens is 1. The van der Waals surface area contributed by atoms with Gasteiger partial charge in [0.2, 0.25) is 5.95 Å². The predicted molar refractivity (Wildman–Crippen MR) is 153 cm³/mol. The normalized spacial score (nSPS) is 17.4. The molecule has 0 saturated heterocycles. The highest BCUT2D eigenvalue weighted by Crippen LogP contribution is 2.38. The maximum absolute atomic E-state index is 13.9. The average molecular weight is 587 g/mol. The Morgan fingerprint density at radius 3 is 2.60 bits per heavy atom. The first-order valence-corrected chi connectivity index (χ1v) is 14.0. The third kappa shape index (κ3) is 7.67. The molecule has 1 amide bonds. The number of carbonyl (C=O) groups is 1. The van der Waals surface area contributed by atoms with Crippen molar-refractivity contribution < 1.29 is 22.7 Å². The van der Waals surface area contributed by atoms with E-state index in [4.69, 9.17) is 10.00 Å². The van der Waals surface area contributed by atoms with Crippen molar-refractivity contribution in [2.45, 2.75) is 76.7 Å². The largest absolute Gasteiger partial charge is 0.444 e. The van der Waals surface area contributed by atoms with E-state index in [-0.39, 0.29) is 35.0 Å². The molecule has 3 aromatic heterocycles. The summed E-state index contributed by atoms with van der Waals surface area (Å²) >= 11 is 0. The third-order valence-electron chi connectivity index (χ3n) is 7.32. The lowest BCUT2D eigenvalue weighted by molar-refractivity contribution is -0.137. The first kappa shape index (κ1) is 31.0. The number of aromatic nitrogens is 4. The zero-order valence-electron chi connectivity index (χ0n) is 24.5. The summed E-state index contributed by atoms with van der Waals surface area (Å²) in [5.41, 5.74) is -1.02. The highest BCUT2D eigenvalue weighted by Gasteiger charge is 2.36. The number of anilines is 1. The van der Waals surface area contributed by atoms with E-state index in [1.165, 1.54) is 12.3 Å². The topological polar surface area (TPSA) is 123 Å². The number of alkyl halides is 3. The zero-order chi connectivity index (χ0) is 30.7. The number of amides is 1. The van der Waals surface area contributed by atoms with Crippen molar-refractivity contribution in [3.63, 3.8) is 0 Å². The lowest BCUT2D eigenvalue weighted by Crippen LogP contribution is -2.35. The minimum atomic E-state index is -4.65. The van der Waals surface area contributed by atoms with Crippen molar-refractivity contribution >= 4 is 23.1 Å². The standard InChI is InChI=1S/C29H37F3N8O2/c1-28(2,3)42-27(41)40(5)13-7-6-12-39(4)20-10-8-18(14-20)37-26-35-17-23(29(30,31)32)24(38-26)22-16-34-25-21(22)11-9-19(15-33)36-25/h9,11,16-18,20H,6-8,10,12-14H2,1-5H3,(H,34,36)(H,35,37,38)/t18-,20-/m0/s1. The number of nitriles is 1. The maximum Gasteiger partial charge on any atom is 0.419 e. The molecule has 1 saturated carbocycles. The van der Waals surface area contributed by atoms with Crippen LogP contribution in [-0.4, -0.2) is 80.7 Å². The van der Waals surface area contributed by atoms with Crippen LogP contribution in [-0.2, 0) is 10.9 Å². The van der Waals surface area contributed by atoms with Gasteiger partial charge in [-0.15, -0.1) is 0 Å². The number of rotatable bonds is 9. The van der Waals surface area contributed by atoms with Crippen molar-refractivity contribution in [3.05, 3.63) is 35.8 Å². The molecule has 1 fully saturated rings. The molecule has 1 aliphatic rings. The zero-order valence-corrected chi connectivity index (χ0v) is 24.5. The number of fused-ring (bicyclic) bond motifs is 1. The van der Waals surface area contributed by atoms with Crippen molar-refractivity contribution in [3.8, 4) is 17.3 Å². The number of unbranched alkanes of at least 4 members (excludes halogenated alkanes) is 1. The van der Waals surface area contributed by atoms with Crippen LogP contribution in [0.3, 0.4) is 0 Å². The van der Waals surface area contributed by atoms with Crippen molar-refractivity contribution in [2.24, 2.45) is 0 Å². The average Bonchev–Trinajstić information content (AvgIpc) is 3.56. The minimum absolute atomic E-state index is 0.0168.